The van der Waals surface area contributed by atoms with Crippen molar-refractivity contribution in [1.29, 1.82) is 0 Å². The SMILES string of the molecule is Cl.O=C(NCc1cnn(Cc2ccccc2)c1)C1CCCCN1. The number of nitrogens with zero attached hydrogens (tertiary/aromatic N) is 2. The molecule has 1 fully saturated rings. The summed E-state index contributed by atoms with van der Waals surface area (Å²) >= 11 is 0. The molecule has 1 aromatic carbocycles. The van der Waals surface area contributed by atoms with Crippen LogP contribution in [0.25, 0.3) is 0 Å². The lowest BCUT2D eigenvalue weighted by atomic mass is 10.0. The van der Waals surface area contributed by atoms with Gasteiger partial charge in [0.25, 0.3) is 0 Å². The summed E-state index contributed by atoms with van der Waals surface area (Å²) in [4.78, 5) is 12.1. The minimum atomic E-state index is -0.0342. The molecule has 3 rings (SSSR count). The fraction of sp³-hybridized carbons (Fsp3) is 0.412. The zero-order valence-corrected chi connectivity index (χ0v) is 13.9. The molecule has 1 unspecified atom stereocenters. The standard InChI is InChI=1S/C17H22N4O.ClH/c22-17(16-8-4-5-9-18-16)19-10-15-11-20-21(13-15)12-14-6-2-1-3-7-14;/h1-3,6-7,11,13,16,18H,4-5,8-10,12H2,(H,19,22);1H. The quantitative estimate of drug-likeness (QED) is 0.880. The average molecular weight is 335 g/mol. The van der Waals surface area contributed by atoms with Gasteiger partial charge in [0.2, 0.25) is 5.91 Å². The van der Waals surface area contributed by atoms with Crippen LogP contribution in [0.4, 0.5) is 0 Å². The van der Waals surface area contributed by atoms with Gasteiger partial charge in [-0.2, -0.15) is 5.10 Å². The van der Waals surface area contributed by atoms with E-state index >= 15 is 0 Å². The van der Waals surface area contributed by atoms with E-state index < -0.39 is 0 Å². The van der Waals surface area contributed by atoms with Crippen LogP contribution >= 0.6 is 12.4 Å². The summed E-state index contributed by atoms with van der Waals surface area (Å²) < 4.78 is 1.90. The second-order valence-electron chi connectivity index (χ2n) is 5.75. The number of nitrogens with one attached hydrogen (secondary N) is 2. The van der Waals surface area contributed by atoms with Crippen LogP contribution in [0.2, 0.25) is 0 Å². The van der Waals surface area contributed by atoms with Gasteiger partial charge in [0.1, 0.15) is 0 Å². The Kier molecular flexibility index (Phi) is 6.62. The van der Waals surface area contributed by atoms with Crippen molar-refractivity contribution in [2.75, 3.05) is 6.54 Å². The first-order chi connectivity index (χ1) is 10.8. The summed E-state index contributed by atoms with van der Waals surface area (Å²) in [6.45, 7) is 2.22. The summed E-state index contributed by atoms with van der Waals surface area (Å²) in [5, 5.41) is 10.6. The van der Waals surface area contributed by atoms with Gasteiger partial charge < -0.3 is 10.6 Å². The van der Waals surface area contributed by atoms with Crippen LogP contribution in [0, 0.1) is 0 Å². The van der Waals surface area contributed by atoms with E-state index in [0.717, 1.165) is 37.9 Å². The van der Waals surface area contributed by atoms with E-state index in [0.29, 0.717) is 6.54 Å². The first kappa shape index (κ1) is 17.5. The summed E-state index contributed by atoms with van der Waals surface area (Å²) in [7, 11) is 0. The molecule has 23 heavy (non-hydrogen) atoms. The molecule has 1 atom stereocenters. The van der Waals surface area contributed by atoms with Crippen LogP contribution in [-0.4, -0.2) is 28.3 Å². The Morgan fingerprint density at radius 3 is 2.83 bits per heavy atom. The van der Waals surface area contributed by atoms with E-state index in [1.54, 1.807) is 0 Å². The van der Waals surface area contributed by atoms with Gasteiger partial charge in [-0.15, -0.1) is 12.4 Å². The van der Waals surface area contributed by atoms with Gasteiger partial charge in [-0.3, -0.25) is 9.48 Å². The highest BCUT2D eigenvalue weighted by Gasteiger charge is 2.19. The minimum absolute atomic E-state index is 0. The van der Waals surface area contributed by atoms with E-state index in [9.17, 15) is 4.79 Å². The minimum Gasteiger partial charge on any atom is -0.351 e. The van der Waals surface area contributed by atoms with Crippen molar-refractivity contribution in [3.05, 3.63) is 53.9 Å². The number of hydrogen-bond donors (Lipinski definition) is 2. The number of carbonyl (C=O) groups excluding carboxylic acids is 1. The summed E-state index contributed by atoms with van der Waals surface area (Å²) in [6.07, 6.45) is 7.02. The van der Waals surface area contributed by atoms with Gasteiger partial charge in [0, 0.05) is 18.3 Å². The lowest BCUT2D eigenvalue weighted by molar-refractivity contribution is -0.123. The molecule has 5 nitrogen and oxygen atoms in total. The molecule has 0 saturated carbocycles. The monoisotopic (exact) mass is 334 g/mol. The fourth-order valence-electron chi connectivity index (χ4n) is 2.74. The molecule has 1 aliphatic heterocycles. The van der Waals surface area contributed by atoms with Crippen molar-refractivity contribution in [3.8, 4) is 0 Å². The molecule has 124 valence electrons. The van der Waals surface area contributed by atoms with Crippen molar-refractivity contribution < 1.29 is 4.79 Å². The summed E-state index contributed by atoms with van der Waals surface area (Å²) in [5.74, 6) is 0.0931. The van der Waals surface area contributed by atoms with Gasteiger partial charge in [-0.05, 0) is 24.9 Å². The zero-order chi connectivity index (χ0) is 15.2. The summed E-state index contributed by atoms with van der Waals surface area (Å²) in [5.41, 5.74) is 2.24. The number of carbonyl (C=O) groups is 1. The predicted octanol–water partition coefficient (Wildman–Crippen LogP) is 2.11. The normalized spacial score (nSPS) is 17.3. The Balaban J connectivity index is 0.00000192. The topological polar surface area (TPSA) is 59.0 Å². The molecule has 2 heterocycles. The van der Waals surface area contributed by atoms with E-state index in [2.05, 4.69) is 27.9 Å². The number of benzene rings is 1. The predicted molar refractivity (Wildman–Crippen MR) is 92.5 cm³/mol. The van der Waals surface area contributed by atoms with Gasteiger partial charge in [-0.1, -0.05) is 36.8 Å². The van der Waals surface area contributed by atoms with Crippen LogP contribution in [0.5, 0.6) is 0 Å². The molecule has 0 aliphatic carbocycles. The number of piperidine rings is 1. The Hall–Kier alpha value is -1.85. The lowest BCUT2D eigenvalue weighted by Gasteiger charge is -2.22. The smallest absolute Gasteiger partial charge is 0.237 e. The number of rotatable bonds is 5. The number of aromatic nitrogens is 2. The number of hydrogen-bond acceptors (Lipinski definition) is 3. The Bertz CT molecular complexity index is 608. The molecule has 1 aliphatic rings. The van der Waals surface area contributed by atoms with Gasteiger partial charge in [0.05, 0.1) is 18.8 Å². The van der Waals surface area contributed by atoms with Gasteiger partial charge >= 0.3 is 0 Å². The third-order valence-electron chi connectivity index (χ3n) is 3.97. The molecular weight excluding hydrogens is 312 g/mol. The fourth-order valence-corrected chi connectivity index (χ4v) is 2.74. The highest BCUT2D eigenvalue weighted by molar-refractivity contribution is 5.85. The Morgan fingerprint density at radius 1 is 1.26 bits per heavy atom. The highest BCUT2D eigenvalue weighted by atomic mass is 35.5. The van der Waals surface area contributed by atoms with Crippen molar-refractivity contribution >= 4 is 18.3 Å². The van der Waals surface area contributed by atoms with Gasteiger partial charge in [-0.25, -0.2) is 0 Å². The van der Waals surface area contributed by atoms with E-state index in [1.165, 1.54) is 5.56 Å². The van der Waals surface area contributed by atoms with Crippen LogP contribution in [-0.2, 0) is 17.9 Å². The van der Waals surface area contributed by atoms with Crippen LogP contribution in [0.15, 0.2) is 42.7 Å². The highest BCUT2D eigenvalue weighted by Crippen LogP contribution is 2.08. The van der Waals surface area contributed by atoms with Crippen molar-refractivity contribution in [3.63, 3.8) is 0 Å². The lowest BCUT2D eigenvalue weighted by Crippen LogP contribution is -2.46. The van der Waals surface area contributed by atoms with E-state index in [1.807, 2.05) is 35.3 Å². The maximum atomic E-state index is 12.1. The van der Waals surface area contributed by atoms with E-state index in [4.69, 9.17) is 0 Å². The molecule has 2 N–H and O–H groups in total. The van der Waals surface area contributed by atoms with Crippen LogP contribution in [0.3, 0.4) is 0 Å². The average Bonchev–Trinajstić information content (AvgIpc) is 3.02. The molecule has 6 heteroatoms. The molecule has 0 spiro atoms. The second-order valence-corrected chi connectivity index (χ2v) is 5.75. The Labute approximate surface area is 142 Å². The first-order valence-electron chi connectivity index (χ1n) is 7.87. The molecule has 0 bridgehead atoms. The van der Waals surface area contributed by atoms with E-state index in [-0.39, 0.29) is 24.4 Å². The summed E-state index contributed by atoms with van der Waals surface area (Å²) in [6, 6.07) is 10.2. The van der Waals surface area contributed by atoms with Crippen LogP contribution in [0.1, 0.15) is 30.4 Å². The third-order valence-corrected chi connectivity index (χ3v) is 3.97. The molecule has 1 aromatic heterocycles. The van der Waals surface area contributed by atoms with Gasteiger partial charge in [0.15, 0.2) is 0 Å². The molecule has 0 radical (unpaired) electrons. The van der Waals surface area contributed by atoms with Crippen LogP contribution < -0.4 is 10.6 Å². The third kappa shape index (κ3) is 5.08. The first-order valence-corrected chi connectivity index (χ1v) is 7.87. The van der Waals surface area contributed by atoms with Crippen molar-refractivity contribution in [2.45, 2.75) is 38.4 Å². The molecule has 1 amide bonds. The second kappa shape index (κ2) is 8.70. The maximum absolute atomic E-state index is 12.1. The maximum Gasteiger partial charge on any atom is 0.237 e. The number of amides is 1. The molecular formula is C17H23ClN4O. The Morgan fingerprint density at radius 2 is 2.09 bits per heavy atom. The van der Waals surface area contributed by atoms with Crippen molar-refractivity contribution in [1.82, 2.24) is 20.4 Å². The molecule has 2 aromatic rings. The molecule has 1 saturated heterocycles. The van der Waals surface area contributed by atoms with Crippen molar-refractivity contribution in [2.24, 2.45) is 0 Å². The number of halogens is 1. The zero-order valence-electron chi connectivity index (χ0n) is 13.1. The largest absolute Gasteiger partial charge is 0.351 e.